The fourth-order valence-corrected chi connectivity index (χ4v) is 0.928. The lowest BCUT2D eigenvalue weighted by Gasteiger charge is -2.04. The molecule has 14 heavy (non-hydrogen) atoms. The summed E-state index contributed by atoms with van der Waals surface area (Å²) >= 11 is 0. The van der Waals surface area contributed by atoms with E-state index in [0.29, 0.717) is 0 Å². The molecule has 0 saturated carbocycles. The van der Waals surface area contributed by atoms with Crippen molar-refractivity contribution in [2.45, 2.75) is 6.92 Å². The molecule has 3 nitrogen and oxygen atoms in total. The van der Waals surface area contributed by atoms with E-state index in [2.05, 4.69) is 0 Å². The Kier molecular flexibility index (Phi) is 4.94. The van der Waals surface area contributed by atoms with Crippen LogP contribution in [0.2, 0.25) is 0 Å². The number of hydrogen-bond donors (Lipinski definition) is 1. The SMILES string of the molecule is CCOC(=O)c1ccc(F)cc1N.Cl. The van der Waals surface area contributed by atoms with Crippen LogP contribution in [0.5, 0.6) is 0 Å². The number of rotatable bonds is 2. The van der Waals surface area contributed by atoms with Gasteiger partial charge in [-0.3, -0.25) is 0 Å². The van der Waals surface area contributed by atoms with E-state index in [4.69, 9.17) is 10.5 Å². The van der Waals surface area contributed by atoms with Gasteiger partial charge in [0.15, 0.2) is 0 Å². The van der Waals surface area contributed by atoms with Gasteiger partial charge >= 0.3 is 5.97 Å². The summed E-state index contributed by atoms with van der Waals surface area (Å²) in [6.45, 7) is 1.97. The molecule has 0 fully saturated rings. The maximum absolute atomic E-state index is 12.6. The topological polar surface area (TPSA) is 52.3 Å². The zero-order valence-corrected chi connectivity index (χ0v) is 8.44. The van der Waals surface area contributed by atoms with Crippen molar-refractivity contribution in [1.29, 1.82) is 0 Å². The van der Waals surface area contributed by atoms with E-state index in [1.165, 1.54) is 12.1 Å². The standard InChI is InChI=1S/C9H10FNO2.ClH/c1-2-13-9(12)7-4-3-6(10)5-8(7)11;/h3-5H,2,11H2,1H3;1H. The summed E-state index contributed by atoms with van der Waals surface area (Å²) in [5.41, 5.74) is 5.70. The molecule has 0 radical (unpaired) electrons. The number of ether oxygens (including phenoxy) is 1. The highest BCUT2D eigenvalue weighted by Gasteiger charge is 2.10. The third-order valence-corrected chi connectivity index (χ3v) is 1.51. The Morgan fingerprint density at radius 3 is 2.71 bits per heavy atom. The van der Waals surface area contributed by atoms with Crippen LogP contribution in [0.1, 0.15) is 17.3 Å². The van der Waals surface area contributed by atoms with Gasteiger partial charge in [0, 0.05) is 5.69 Å². The molecule has 0 aliphatic carbocycles. The highest BCUT2D eigenvalue weighted by molar-refractivity contribution is 5.94. The molecule has 2 N–H and O–H groups in total. The molecule has 0 bridgehead atoms. The van der Waals surface area contributed by atoms with Crippen molar-refractivity contribution in [3.05, 3.63) is 29.6 Å². The van der Waals surface area contributed by atoms with Crippen molar-refractivity contribution in [1.82, 2.24) is 0 Å². The number of nitrogens with two attached hydrogens (primary N) is 1. The van der Waals surface area contributed by atoms with Crippen molar-refractivity contribution in [2.75, 3.05) is 12.3 Å². The number of esters is 1. The van der Waals surface area contributed by atoms with E-state index in [9.17, 15) is 9.18 Å². The van der Waals surface area contributed by atoms with Crippen molar-refractivity contribution in [3.63, 3.8) is 0 Å². The smallest absolute Gasteiger partial charge is 0.340 e. The van der Waals surface area contributed by atoms with Crippen LogP contribution in [0.3, 0.4) is 0 Å². The first-order chi connectivity index (χ1) is 6.15. The molecule has 0 unspecified atom stereocenters. The van der Waals surface area contributed by atoms with Gasteiger partial charge in [0.05, 0.1) is 12.2 Å². The second-order valence-corrected chi connectivity index (χ2v) is 2.45. The Bertz CT molecular complexity index is 331. The highest BCUT2D eigenvalue weighted by atomic mass is 35.5. The summed E-state index contributed by atoms with van der Waals surface area (Å²) in [4.78, 5) is 11.2. The molecule has 1 aromatic rings. The molecule has 0 amide bonds. The molecule has 0 aromatic heterocycles. The molecular weight excluding hydrogens is 209 g/mol. The van der Waals surface area contributed by atoms with Crippen LogP contribution < -0.4 is 5.73 Å². The van der Waals surface area contributed by atoms with Gasteiger partial charge in [-0.15, -0.1) is 12.4 Å². The zero-order chi connectivity index (χ0) is 9.84. The van der Waals surface area contributed by atoms with Crippen LogP contribution in [-0.2, 0) is 4.74 Å². The lowest BCUT2D eigenvalue weighted by atomic mass is 10.2. The summed E-state index contributed by atoms with van der Waals surface area (Å²) < 4.78 is 17.3. The normalized spacial score (nSPS) is 9.00. The van der Waals surface area contributed by atoms with Crippen molar-refractivity contribution in [3.8, 4) is 0 Å². The minimum atomic E-state index is -0.528. The van der Waals surface area contributed by atoms with E-state index in [-0.39, 0.29) is 30.3 Å². The fraction of sp³-hybridized carbons (Fsp3) is 0.222. The van der Waals surface area contributed by atoms with E-state index >= 15 is 0 Å². The largest absolute Gasteiger partial charge is 0.462 e. The third-order valence-electron chi connectivity index (χ3n) is 1.51. The Morgan fingerprint density at radius 1 is 1.57 bits per heavy atom. The van der Waals surface area contributed by atoms with Crippen molar-refractivity contribution >= 4 is 24.1 Å². The first kappa shape index (κ1) is 12.7. The van der Waals surface area contributed by atoms with Gasteiger partial charge in [-0.05, 0) is 25.1 Å². The van der Waals surface area contributed by atoms with Gasteiger partial charge in [-0.2, -0.15) is 0 Å². The van der Waals surface area contributed by atoms with E-state index in [1.807, 2.05) is 0 Å². The van der Waals surface area contributed by atoms with Crippen molar-refractivity contribution in [2.24, 2.45) is 0 Å². The highest BCUT2D eigenvalue weighted by Crippen LogP contribution is 2.14. The minimum Gasteiger partial charge on any atom is -0.462 e. The molecule has 1 rings (SSSR count). The van der Waals surface area contributed by atoms with E-state index in [0.717, 1.165) is 6.07 Å². The summed E-state index contributed by atoms with van der Waals surface area (Å²) in [5, 5.41) is 0. The molecular formula is C9H11ClFNO2. The van der Waals surface area contributed by atoms with Gasteiger partial charge in [0.25, 0.3) is 0 Å². The Morgan fingerprint density at radius 2 is 2.21 bits per heavy atom. The number of benzene rings is 1. The van der Waals surface area contributed by atoms with Crippen molar-refractivity contribution < 1.29 is 13.9 Å². The predicted octanol–water partition coefficient (Wildman–Crippen LogP) is 2.01. The van der Waals surface area contributed by atoms with Gasteiger partial charge in [-0.1, -0.05) is 0 Å². The maximum Gasteiger partial charge on any atom is 0.340 e. The first-order valence-electron chi connectivity index (χ1n) is 3.87. The number of nitrogen functional groups attached to an aromatic ring is 1. The van der Waals surface area contributed by atoms with Gasteiger partial charge < -0.3 is 10.5 Å². The molecule has 0 aliphatic heterocycles. The number of carbonyl (C=O) groups is 1. The fourth-order valence-electron chi connectivity index (χ4n) is 0.928. The molecule has 0 heterocycles. The van der Waals surface area contributed by atoms with Gasteiger partial charge in [0.1, 0.15) is 5.82 Å². The molecule has 0 aliphatic rings. The van der Waals surface area contributed by atoms with Crippen LogP contribution in [0.25, 0.3) is 0 Å². The van der Waals surface area contributed by atoms with Gasteiger partial charge in [0.2, 0.25) is 0 Å². The Balaban J connectivity index is 0.00000169. The summed E-state index contributed by atoms with van der Waals surface area (Å²) in [7, 11) is 0. The molecule has 5 heteroatoms. The molecule has 78 valence electrons. The first-order valence-corrected chi connectivity index (χ1v) is 3.87. The van der Waals surface area contributed by atoms with Crippen LogP contribution in [0.4, 0.5) is 10.1 Å². The number of hydrogen-bond acceptors (Lipinski definition) is 3. The Labute approximate surface area is 87.5 Å². The third kappa shape index (κ3) is 2.88. The van der Waals surface area contributed by atoms with Crippen LogP contribution in [-0.4, -0.2) is 12.6 Å². The molecule has 0 atom stereocenters. The van der Waals surface area contributed by atoms with Crippen LogP contribution in [0.15, 0.2) is 18.2 Å². The summed E-state index contributed by atoms with van der Waals surface area (Å²) in [6.07, 6.45) is 0. The quantitative estimate of drug-likeness (QED) is 0.612. The number of carbonyl (C=O) groups excluding carboxylic acids is 1. The number of halogens is 2. The second kappa shape index (κ2) is 5.44. The van der Waals surface area contributed by atoms with Crippen LogP contribution >= 0.6 is 12.4 Å². The molecule has 1 aromatic carbocycles. The zero-order valence-electron chi connectivity index (χ0n) is 7.62. The summed E-state index contributed by atoms with van der Waals surface area (Å²) in [5.74, 6) is -0.995. The van der Waals surface area contributed by atoms with E-state index < -0.39 is 11.8 Å². The van der Waals surface area contributed by atoms with Crippen LogP contribution in [0, 0.1) is 5.82 Å². The summed E-state index contributed by atoms with van der Waals surface area (Å²) in [6, 6.07) is 3.57. The Hall–Kier alpha value is -1.29. The molecule has 0 saturated heterocycles. The van der Waals surface area contributed by atoms with E-state index in [1.54, 1.807) is 6.92 Å². The lowest BCUT2D eigenvalue weighted by Crippen LogP contribution is -2.07. The molecule has 0 spiro atoms. The second-order valence-electron chi connectivity index (χ2n) is 2.45. The minimum absolute atomic E-state index is 0. The average molecular weight is 220 g/mol. The number of anilines is 1. The maximum atomic E-state index is 12.6. The monoisotopic (exact) mass is 219 g/mol. The van der Waals surface area contributed by atoms with Gasteiger partial charge in [-0.25, -0.2) is 9.18 Å². The predicted molar refractivity (Wildman–Crippen MR) is 54.0 cm³/mol. The average Bonchev–Trinajstić information content (AvgIpc) is 2.04. The lowest BCUT2D eigenvalue weighted by molar-refractivity contribution is 0.0527.